The molecule has 1 aliphatic heterocycles. The fourth-order valence-corrected chi connectivity index (χ4v) is 2.28. The molecule has 0 amide bonds. The molecule has 0 aliphatic carbocycles. The summed E-state index contributed by atoms with van der Waals surface area (Å²) in [4.78, 5) is 21.4. The smallest absolute Gasteiger partial charge is 0.260 e. The summed E-state index contributed by atoms with van der Waals surface area (Å²) in [6.07, 6.45) is 0. The molecule has 0 spiro atoms. The van der Waals surface area contributed by atoms with E-state index in [1.54, 1.807) is 18.2 Å². The highest BCUT2D eigenvalue weighted by Gasteiger charge is 2.14. The molecule has 4 N–H and O–H groups in total. The number of benzene rings is 1. The number of hydrazine groups is 1. The molecule has 20 heavy (non-hydrogen) atoms. The number of piperazine rings is 1. The summed E-state index contributed by atoms with van der Waals surface area (Å²) in [6, 6.07) is 5.14. The van der Waals surface area contributed by atoms with E-state index < -0.39 is 0 Å². The second-order valence-corrected chi connectivity index (χ2v) is 5.09. The number of aromatic nitrogens is 2. The summed E-state index contributed by atoms with van der Waals surface area (Å²) < 4.78 is 0. The number of fused-ring (bicyclic) bond motifs is 1. The lowest BCUT2D eigenvalue weighted by Crippen LogP contribution is -2.47. The van der Waals surface area contributed by atoms with Crippen molar-refractivity contribution in [3.63, 3.8) is 0 Å². The molecule has 0 unspecified atom stereocenters. The van der Waals surface area contributed by atoms with E-state index in [9.17, 15) is 4.79 Å². The van der Waals surface area contributed by atoms with Gasteiger partial charge >= 0.3 is 0 Å². The molecule has 7 nitrogen and oxygen atoms in total. The Kier molecular flexibility index (Phi) is 3.29. The average Bonchev–Trinajstić information content (AvgIpc) is 2.42. The summed E-state index contributed by atoms with van der Waals surface area (Å²) >= 11 is 0. The number of aromatic amines is 1. The first kappa shape index (κ1) is 12.9. The molecule has 2 heterocycles. The number of hydrogen-bond donors (Lipinski definition) is 3. The van der Waals surface area contributed by atoms with E-state index in [2.05, 4.69) is 32.4 Å². The zero-order chi connectivity index (χ0) is 14.1. The van der Waals surface area contributed by atoms with Crippen molar-refractivity contribution in [1.82, 2.24) is 19.9 Å². The third-order valence-electron chi connectivity index (χ3n) is 3.50. The lowest BCUT2D eigenvalue weighted by molar-refractivity contribution is 0.178. The van der Waals surface area contributed by atoms with Crippen LogP contribution in [0.15, 0.2) is 23.0 Å². The highest BCUT2D eigenvalue weighted by Crippen LogP contribution is 2.13. The number of anilines is 2. The molecule has 1 aliphatic rings. The van der Waals surface area contributed by atoms with Crippen molar-refractivity contribution in [2.24, 2.45) is 0 Å². The molecule has 106 valence electrons. The van der Waals surface area contributed by atoms with Crippen molar-refractivity contribution in [2.45, 2.75) is 0 Å². The van der Waals surface area contributed by atoms with Gasteiger partial charge in [-0.1, -0.05) is 0 Å². The van der Waals surface area contributed by atoms with Crippen molar-refractivity contribution in [3.8, 4) is 0 Å². The van der Waals surface area contributed by atoms with Crippen LogP contribution in [0.25, 0.3) is 10.9 Å². The van der Waals surface area contributed by atoms with Crippen LogP contribution in [0.4, 0.5) is 11.6 Å². The number of nitrogen functional groups attached to an aromatic ring is 1. The van der Waals surface area contributed by atoms with Crippen LogP contribution < -0.4 is 16.7 Å². The third-order valence-corrected chi connectivity index (χ3v) is 3.50. The molecule has 0 radical (unpaired) electrons. The first-order chi connectivity index (χ1) is 9.61. The highest BCUT2D eigenvalue weighted by atomic mass is 16.1. The van der Waals surface area contributed by atoms with Gasteiger partial charge in [0.1, 0.15) is 0 Å². The molecule has 1 aromatic heterocycles. The quantitative estimate of drug-likeness (QED) is 0.672. The van der Waals surface area contributed by atoms with Gasteiger partial charge in [0.15, 0.2) is 0 Å². The van der Waals surface area contributed by atoms with Crippen molar-refractivity contribution in [2.75, 3.05) is 44.4 Å². The van der Waals surface area contributed by atoms with Gasteiger partial charge in [-0.2, -0.15) is 0 Å². The minimum atomic E-state index is -0.182. The van der Waals surface area contributed by atoms with Crippen molar-refractivity contribution < 1.29 is 0 Å². The van der Waals surface area contributed by atoms with E-state index >= 15 is 0 Å². The van der Waals surface area contributed by atoms with Gasteiger partial charge in [0, 0.05) is 31.9 Å². The number of nitrogens with one attached hydrogen (secondary N) is 2. The van der Waals surface area contributed by atoms with Gasteiger partial charge < -0.3 is 10.6 Å². The predicted molar refractivity (Wildman–Crippen MR) is 79.5 cm³/mol. The van der Waals surface area contributed by atoms with E-state index in [0.717, 1.165) is 26.2 Å². The fraction of sp³-hybridized carbons (Fsp3) is 0.385. The molecular formula is C13H18N6O. The Morgan fingerprint density at radius 3 is 2.80 bits per heavy atom. The number of likely N-dealkylation sites (N-methyl/N-ethyl adjacent to an activating group) is 1. The Balaban J connectivity index is 1.85. The van der Waals surface area contributed by atoms with Crippen LogP contribution in [0.3, 0.4) is 0 Å². The summed E-state index contributed by atoms with van der Waals surface area (Å²) in [7, 11) is 2.10. The standard InChI is InChI=1S/C13H18N6O/c1-18-4-6-19(7-5-18)17-13-15-11-3-2-9(14)8-10(11)12(20)16-13/h2-3,8H,4-7,14H2,1H3,(H2,15,16,17,20). The van der Waals surface area contributed by atoms with E-state index in [1.807, 2.05) is 0 Å². The zero-order valence-electron chi connectivity index (χ0n) is 11.4. The molecular weight excluding hydrogens is 256 g/mol. The molecule has 1 aromatic carbocycles. The molecule has 0 saturated carbocycles. The summed E-state index contributed by atoms with van der Waals surface area (Å²) in [5.41, 5.74) is 9.86. The Bertz CT molecular complexity index is 674. The van der Waals surface area contributed by atoms with Gasteiger partial charge in [0.2, 0.25) is 5.95 Å². The predicted octanol–water partition coefficient (Wildman–Crippen LogP) is 0.0796. The van der Waals surface area contributed by atoms with Crippen LogP contribution in [0.5, 0.6) is 0 Å². The molecule has 3 rings (SSSR count). The first-order valence-electron chi connectivity index (χ1n) is 6.61. The van der Waals surface area contributed by atoms with Crippen LogP contribution in [0, 0.1) is 0 Å². The van der Waals surface area contributed by atoms with Crippen molar-refractivity contribution in [1.29, 1.82) is 0 Å². The van der Waals surface area contributed by atoms with E-state index in [1.165, 1.54) is 0 Å². The molecule has 7 heteroatoms. The molecule has 0 bridgehead atoms. The summed E-state index contributed by atoms with van der Waals surface area (Å²) in [5, 5.41) is 2.57. The number of nitrogens with two attached hydrogens (primary N) is 1. The summed E-state index contributed by atoms with van der Waals surface area (Å²) in [5.74, 6) is 0.469. The lowest BCUT2D eigenvalue weighted by atomic mass is 10.2. The van der Waals surface area contributed by atoms with Crippen LogP contribution >= 0.6 is 0 Å². The van der Waals surface area contributed by atoms with Crippen LogP contribution in [-0.2, 0) is 0 Å². The molecule has 1 fully saturated rings. The highest BCUT2D eigenvalue weighted by molar-refractivity contribution is 5.81. The Morgan fingerprint density at radius 2 is 2.05 bits per heavy atom. The SMILES string of the molecule is CN1CCN(Nc2nc3ccc(N)cc3c(=O)[nH]2)CC1. The zero-order valence-corrected chi connectivity index (χ0v) is 11.4. The fourth-order valence-electron chi connectivity index (χ4n) is 2.28. The first-order valence-corrected chi connectivity index (χ1v) is 6.61. The van der Waals surface area contributed by atoms with Crippen LogP contribution in [0.1, 0.15) is 0 Å². The molecule has 1 saturated heterocycles. The van der Waals surface area contributed by atoms with Crippen LogP contribution in [0.2, 0.25) is 0 Å². The van der Waals surface area contributed by atoms with E-state index in [0.29, 0.717) is 22.5 Å². The van der Waals surface area contributed by atoms with Gasteiger partial charge in [-0.3, -0.25) is 15.2 Å². The summed E-state index contributed by atoms with van der Waals surface area (Å²) in [6.45, 7) is 3.75. The largest absolute Gasteiger partial charge is 0.399 e. The minimum Gasteiger partial charge on any atom is -0.399 e. The van der Waals surface area contributed by atoms with Crippen molar-refractivity contribution >= 4 is 22.5 Å². The Morgan fingerprint density at radius 1 is 1.30 bits per heavy atom. The number of rotatable bonds is 2. The Labute approximate surface area is 116 Å². The molecule has 0 atom stereocenters. The molecule has 2 aromatic rings. The normalized spacial score (nSPS) is 17.4. The Hall–Kier alpha value is -2.12. The number of H-pyrrole nitrogens is 1. The number of hydrogen-bond acceptors (Lipinski definition) is 6. The maximum absolute atomic E-state index is 12.0. The maximum Gasteiger partial charge on any atom is 0.260 e. The second kappa shape index (κ2) is 5.10. The minimum absolute atomic E-state index is 0.182. The maximum atomic E-state index is 12.0. The third kappa shape index (κ3) is 2.59. The lowest BCUT2D eigenvalue weighted by Gasteiger charge is -2.32. The van der Waals surface area contributed by atoms with E-state index in [-0.39, 0.29) is 5.56 Å². The monoisotopic (exact) mass is 274 g/mol. The number of nitrogens with zero attached hydrogens (tertiary/aromatic N) is 3. The second-order valence-electron chi connectivity index (χ2n) is 5.09. The van der Waals surface area contributed by atoms with Crippen LogP contribution in [-0.4, -0.2) is 53.1 Å². The van der Waals surface area contributed by atoms with E-state index in [4.69, 9.17) is 5.73 Å². The van der Waals surface area contributed by atoms with Gasteiger partial charge in [-0.15, -0.1) is 0 Å². The van der Waals surface area contributed by atoms with Crippen molar-refractivity contribution in [3.05, 3.63) is 28.6 Å². The van der Waals surface area contributed by atoms with Gasteiger partial charge in [-0.05, 0) is 25.2 Å². The average molecular weight is 274 g/mol. The topological polar surface area (TPSA) is 90.3 Å². The van der Waals surface area contributed by atoms with Gasteiger partial charge in [-0.25, -0.2) is 9.99 Å². The van der Waals surface area contributed by atoms with Gasteiger partial charge in [0.25, 0.3) is 5.56 Å². The van der Waals surface area contributed by atoms with Gasteiger partial charge in [0.05, 0.1) is 10.9 Å².